The first-order chi connectivity index (χ1) is 25.2. The first kappa shape index (κ1) is 43.7. The fourth-order valence-corrected chi connectivity index (χ4v) is 7.24. The normalized spacial score (nSPS) is 17.7. The Balaban J connectivity index is 1.79. The second-order valence-electron chi connectivity index (χ2n) is 14.5. The number of hydrogen-bond donors (Lipinski definition) is 5. The molecular weight excluding hydrogens is 724 g/mol. The van der Waals surface area contributed by atoms with Gasteiger partial charge in [0.2, 0.25) is 39.4 Å². The Labute approximate surface area is 315 Å². The molecule has 296 valence electrons. The highest BCUT2D eigenvalue weighted by Crippen LogP contribution is 2.27. The van der Waals surface area contributed by atoms with Crippen LogP contribution in [0.25, 0.3) is 0 Å². The predicted octanol–water partition coefficient (Wildman–Crippen LogP) is 1.62. The molecule has 5 atom stereocenters. The number of sulfonamides is 1. The standard InChI is InChI=1S/C37H51FN6O9S/c1-7-8-14-27(32(46)35(49)40-20-29(45)42-31(33(39)47)23-12-10-9-11-13-23)41-34(48)28-19-25(53-37(4,5)6)21-44(28)36(50)30(22(2)3)43-54(51,52)26-17-15-24(38)16-18-26/h9-13,15-18,22,25,27-28,30-31,43H,7-8,14,19-21H2,1-6H3,(H2,39,47)(H,40,49)(H,41,48)(H,42,45). The molecule has 0 spiro atoms. The van der Waals surface area contributed by atoms with Gasteiger partial charge in [-0.1, -0.05) is 63.9 Å². The minimum atomic E-state index is -4.30. The van der Waals surface area contributed by atoms with E-state index in [1.54, 1.807) is 65.0 Å². The Morgan fingerprint density at radius 3 is 2.17 bits per heavy atom. The van der Waals surface area contributed by atoms with Crippen molar-refractivity contribution in [3.63, 3.8) is 0 Å². The molecule has 1 aliphatic rings. The summed E-state index contributed by atoms with van der Waals surface area (Å²) >= 11 is 0. The van der Waals surface area contributed by atoms with Crippen LogP contribution in [0.5, 0.6) is 0 Å². The molecule has 17 heteroatoms. The Morgan fingerprint density at radius 2 is 1.61 bits per heavy atom. The third-order valence-electron chi connectivity index (χ3n) is 8.54. The third kappa shape index (κ3) is 12.4. The molecule has 15 nitrogen and oxygen atoms in total. The van der Waals surface area contributed by atoms with Gasteiger partial charge in [0, 0.05) is 13.0 Å². The lowest BCUT2D eigenvalue weighted by Crippen LogP contribution is -2.57. The van der Waals surface area contributed by atoms with E-state index in [1.165, 1.54) is 4.90 Å². The number of benzene rings is 2. The van der Waals surface area contributed by atoms with E-state index in [0.29, 0.717) is 18.4 Å². The second-order valence-corrected chi connectivity index (χ2v) is 16.2. The number of ether oxygens (including phenoxy) is 1. The first-order valence-corrected chi connectivity index (χ1v) is 19.2. The largest absolute Gasteiger partial charge is 0.371 e. The van der Waals surface area contributed by atoms with Crippen LogP contribution in [0.1, 0.15) is 78.8 Å². The fourth-order valence-electron chi connectivity index (χ4n) is 5.90. The summed E-state index contributed by atoms with van der Waals surface area (Å²) < 4.78 is 48.5. The maximum atomic E-state index is 14.1. The van der Waals surface area contributed by atoms with E-state index in [4.69, 9.17) is 10.5 Å². The summed E-state index contributed by atoms with van der Waals surface area (Å²) in [6.45, 7) is 9.75. The molecule has 0 aliphatic carbocycles. The maximum absolute atomic E-state index is 14.1. The number of Topliss-reactive ketones (excluding diaryl/α,β-unsaturated/α-hetero) is 1. The number of primary amides is 1. The molecule has 5 unspecified atom stereocenters. The van der Waals surface area contributed by atoms with Crippen LogP contribution in [-0.4, -0.2) is 91.6 Å². The molecule has 54 heavy (non-hydrogen) atoms. The predicted molar refractivity (Wildman–Crippen MR) is 196 cm³/mol. The topological polar surface area (TPSA) is 223 Å². The van der Waals surface area contributed by atoms with Crippen LogP contribution in [-0.2, 0) is 43.5 Å². The molecule has 1 heterocycles. The maximum Gasteiger partial charge on any atom is 0.290 e. The van der Waals surface area contributed by atoms with E-state index in [2.05, 4.69) is 20.7 Å². The van der Waals surface area contributed by atoms with Gasteiger partial charge < -0.3 is 31.3 Å². The monoisotopic (exact) mass is 774 g/mol. The summed E-state index contributed by atoms with van der Waals surface area (Å²) in [4.78, 5) is 80.1. The molecular formula is C37H51FN6O9S. The van der Waals surface area contributed by atoms with Crippen molar-refractivity contribution in [1.29, 1.82) is 0 Å². The van der Waals surface area contributed by atoms with Crippen molar-refractivity contribution in [3.05, 3.63) is 66.0 Å². The SMILES string of the molecule is CCCCC(NC(=O)C1CC(OC(C)(C)C)CN1C(=O)C(NS(=O)(=O)c1ccc(F)cc1)C(C)C)C(=O)C(=O)NCC(=O)NC(C(N)=O)c1ccccc1. The Kier molecular flexibility index (Phi) is 15.4. The molecule has 5 amide bonds. The van der Waals surface area contributed by atoms with Crippen molar-refractivity contribution in [2.45, 2.75) is 108 Å². The summed E-state index contributed by atoms with van der Waals surface area (Å²) in [5, 5.41) is 7.26. The fraction of sp³-hybridized carbons (Fsp3) is 0.514. The average Bonchev–Trinajstić information content (AvgIpc) is 3.52. The summed E-state index contributed by atoms with van der Waals surface area (Å²) in [7, 11) is -4.30. The lowest BCUT2D eigenvalue weighted by atomic mass is 10.0. The van der Waals surface area contributed by atoms with Gasteiger partial charge in [0.05, 0.1) is 29.2 Å². The molecule has 0 aromatic heterocycles. The summed E-state index contributed by atoms with van der Waals surface area (Å²) in [6, 6.07) is 7.23. The van der Waals surface area contributed by atoms with Crippen molar-refractivity contribution in [2.24, 2.45) is 11.7 Å². The number of amides is 5. The Morgan fingerprint density at radius 1 is 0.981 bits per heavy atom. The van der Waals surface area contributed by atoms with Gasteiger partial charge in [-0.05, 0) is 62.9 Å². The summed E-state index contributed by atoms with van der Waals surface area (Å²) in [6.07, 6.45) is 0.474. The van der Waals surface area contributed by atoms with E-state index < -0.39 is 99.5 Å². The Bertz CT molecular complexity index is 1770. The first-order valence-electron chi connectivity index (χ1n) is 17.8. The van der Waals surface area contributed by atoms with Crippen molar-refractivity contribution in [1.82, 2.24) is 25.6 Å². The number of carbonyl (C=O) groups is 6. The number of nitrogens with two attached hydrogens (primary N) is 1. The molecule has 2 aromatic rings. The lowest BCUT2D eigenvalue weighted by molar-refractivity contribution is -0.143. The van der Waals surface area contributed by atoms with Crippen molar-refractivity contribution >= 4 is 45.3 Å². The molecule has 1 aliphatic heterocycles. The highest BCUT2D eigenvalue weighted by Gasteiger charge is 2.45. The number of halogens is 1. The van der Waals surface area contributed by atoms with Crippen molar-refractivity contribution in [2.75, 3.05) is 13.1 Å². The minimum absolute atomic E-state index is 0.00781. The zero-order valence-electron chi connectivity index (χ0n) is 31.4. The number of ketones is 1. The van der Waals surface area contributed by atoms with Gasteiger partial charge in [0.25, 0.3) is 5.91 Å². The number of nitrogens with one attached hydrogen (secondary N) is 4. The highest BCUT2D eigenvalue weighted by molar-refractivity contribution is 7.89. The Hall–Kier alpha value is -4.74. The van der Waals surface area contributed by atoms with E-state index in [9.17, 15) is 41.6 Å². The van der Waals surface area contributed by atoms with Crippen LogP contribution >= 0.6 is 0 Å². The van der Waals surface area contributed by atoms with Crippen LogP contribution in [0.3, 0.4) is 0 Å². The number of unbranched alkanes of at least 4 members (excludes halogenated alkanes) is 1. The number of carbonyl (C=O) groups excluding carboxylic acids is 6. The molecule has 0 bridgehead atoms. The molecule has 0 saturated carbocycles. The quantitative estimate of drug-likeness (QED) is 0.139. The van der Waals surface area contributed by atoms with E-state index in [0.717, 1.165) is 24.3 Å². The summed E-state index contributed by atoms with van der Waals surface area (Å²) in [5.41, 5.74) is 5.20. The number of rotatable bonds is 18. The van der Waals surface area contributed by atoms with E-state index in [-0.39, 0.29) is 24.3 Å². The zero-order valence-corrected chi connectivity index (χ0v) is 32.2. The van der Waals surface area contributed by atoms with Gasteiger partial charge in [-0.3, -0.25) is 28.8 Å². The molecule has 1 saturated heterocycles. The van der Waals surface area contributed by atoms with Crippen molar-refractivity contribution < 1.29 is 46.3 Å². The highest BCUT2D eigenvalue weighted by atomic mass is 32.2. The van der Waals surface area contributed by atoms with Crippen LogP contribution in [0.4, 0.5) is 4.39 Å². The van der Waals surface area contributed by atoms with E-state index >= 15 is 0 Å². The molecule has 2 aromatic carbocycles. The average molecular weight is 775 g/mol. The van der Waals surface area contributed by atoms with Crippen LogP contribution in [0.2, 0.25) is 0 Å². The second kappa shape index (κ2) is 19.0. The molecule has 6 N–H and O–H groups in total. The molecule has 1 fully saturated rings. The van der Waals surface area contributed by atoms with Gasteiger partial charge in [-0.15, -0.1) is 0 Å². The van der Waals surface area contributed by atoms with Gasteiger partial charge in [-0.2, -0.15) is 4.72 Å². The van der Waals surface area contributed by atoms with Gasteiger partial charge >= 0.3 is 0 Å². The number of hydrogen-bond acceptors (Lipinski definition) is 9. The van der Waals surface area contributed by atoms with Gasteiger partial charge in [0.15, 0.2) is 0 Å². The van der Waals surface area contributed by atoms with Crippen molar-refractivity contribution in [3.8, 4) is 0 Å². The molecule has 0 radical (unpaired) electrons. The lowest BCUT2D eigenvalue weighted by Gasteiger charge is -2.31. The number of nitrogens with zero attached hydrogens (tertiary/aromatic N) is 1. The smallest absolute Gasteiger partial charge is 0.290 e. The zero-order chi connectivity index (χ0) is 40.4. The summed E-state index contributed by atoms with van der Waals surface area (Å²) in [5.74, 6) is -6.55. The van der Waals surface area contributed by atoms with Gasteiger partial charge in [-0.25, -0.2) is 12.8 Å². The van der Waals surface area contributed by atoms with Crippen LogP contribution < -0.4 is 26.4 Å². The molecule has 3 rings (SSSR count). The van der Waals surface area contributed by atoms with E-state index in [1.807, 2.05) is 6.92 Å². The van der Waals surface area contributed by atoms with Crippen LogP contribution in [0, 0.1) is 11.7 Å². The minimum Gasteiger partial charge on any atom is -0.371 e. The number of likely N-dealkylation sites (tertiary alicyclic amines) is 1. The van der Waals surface area contributed by atoms with Gasteiger partial charge in [0.1, 0.15) is 23.9 Å². The van der Waals surface area contributed by atoms with Crippen LogP contribution in [0.15, 0.2) is 59.5 Å². The third-order valence-corrected chi connectivity index (χ3v) is 10.00.